The third kappa shape index (κ3) is 51.5. The van der Waals surface area contributed by atoms with Gasteiger partial charge in [-0.1, -0.05) is 0 Å². The van der Waals surface area contributed by atoms with Gasteiger partial charge in [-0.3, -0.25) is 4.57 Å². The first-order valence-corrected chi connectivity index (χ1v) is 6.73. The Bertz CT molecular complexity index is 259. The Morgan fingerprint density at radius 2 is 1.07 bits per heavy atom. The van der Waals surface area contributed by atoms with Crippen LogP contribution in [-0.2, 0) is 39.7 Å². The Labute approximate surface area is 97.7 Å². The summed E-state index contributed by atoms with van der Waals surface area (Å²) in [5.74, 6) is 0. The van der Waals surface area contributed by atoms with Crippen LogP contribution in [0.1, 0.15) is 0 Å². The Balaban J connectivity index is -0.000000208. The molecule has 0 amide bonds. The van der Waals surface area contributed by atoms with Crippen molar-refractivity contribution in [3.8, 4) is 0 Å². The van der Waals surface area contributed by atoms with Gasteiger partial charge in [-0.15, -0.1) is 0 Å². The van der Waals surface area contributed by atoms with E-state index in [0.29, 0.717) is 0 Å². The molecule has 0 aliphatic carbocycles. The first kappa shape index (κ1) is 21.4. The minimum atomic E-state index is -5.39. The zero-order valence-electron chi connectivity index (χ0n) is 6.45. The summed E-state index contributed by atoms with van der Waals surface area (Å²) in [4.78, 5) is 58.2. The summed E-state index contributed by atoms with van der Waals surface area (Å²) in [7, 11) is -15.8. The predicted molar refractivity (Wildman–Crippen MR) is 30.6 cm³/mol. The van der Waals surface area contributed by atoms with Crippen molar-refractivity contribution in [2.24, 2.45) is 0 Å². The molecule has 0 bridgehead atoms. The Hall–Kier alpha value is 1.08. The zero-order valence-corrected chi connectivity index (χ0v) is 10.7. The third-order valence-corrected chi connectivity index (χ3v) is 1.89. The minimum absolute atomic E-state index is 0. The van der Waals surface area contributed by atoms with Crippen LogP contribution in [0.4, 0.5) is 0 Å². The molecule has 0 saturated carbocycles. The fourth-order valence-electron chi connectivity index (χ4n) is 0.134. The van der Waals surface area contributed by atoms with E-state index in [9.17, 15) is 14.0 Å². The van der Waals surface area contributed by atoms with E-state index >= 15 is 0 Å². The summed E-state index contributed by atoms with van der Waals surface area (Å²) in [6.07, 6.45) is 0. The van der Waals surface area contributed by atoms with Gasteiger partial charge in [-0.2, -0.15) is 7.82 Å². The molecule has 3 N–H and O–H groups in total. The van der Waals surface area contributed by atoms with Crippen LogP contribution in [0.3, 0.4) is 0 Å². The van der Waals surface area contributed by atoms with Crippen LogP contribution in [0.5, 0.6) is 0 Å². The van der Waals surface area contributed by atoms with Crippen molar-refractivity contribution in [1.82, 2.24) is 0 Å². The predicted octanol–water partition coefficient (Wildman–Crippen LogP) is -4.27. The molecule has 0 radical (unpaired) electrons. The van der Waals surface area contributed by atoms with Crippen LogP contribution >= 0.6 is 23.5 Å². The second-order valence-electron chi connectivity index (χ2n) is 1.49. The molecular weight excluding hydrogens is 317 g/mol. The van der Waals surface area contributed by atoms with Crippen LogP contribution in [0.2, 0.25) is 0 Å². The molecule has 0 aromatic rings. The molecule has 0 saturated heterocycles. The fourth-order valence-corrected chi connectivity index (χ4v) is 1.21. The van der Waals surface area contributed by atoms with Crippen molar-refractivity contribution in [3.05, 3.63) is 0 Å². The molecule has 0 aliphatic rings. The van der Waals surface area contributed by atoms with Crippen molar-refractivity contribution >= 4 is 23.5 Å². The van der Waals surface area contributed by atoms with E-state index in [4.69, 9.17) is 33.9 Å². The van der Waals surface area contributed by atoms with Crippen LogP contribution in [0.25, 0.3) is 0 Å². The number of rotatable bonds is 2. The number of hydrogen-bond acceptors (Lipinski definition) is 8. The molecule has 88 valence electrons. The Morgan fingerprint density at radius 3 is 1.07 bits per heavy atom. The van der Waals surface area contributed by atoms with Gasteiger partial charge in [-0.25, -0.2) is 8.88 Å². The second-order valence-corrected chi connectivity index (χ2v) is 4.95. The topological polar surface area (TPSA) is 213 Å². The molecule has 0 heterocycles. The van der Waals surface area contributed by atoms with Gasteiger partial charge >= 0.3 is 29.5 Å². The van der Waals surface area contributed by atoms with E-state index in [1.54, 1.807) is 0 Å². The minimum Gasteiger partial charge on any atom is -0.822 e. The summed E-state index contributed by atoms with van der Waals surface area (Å²) in [6.45, 7) is 0. The van der Waals surface area contributed by atoms with E-state index in [-0.39, 0.29) is 21.7 Å². The van der Waals surface area contributed by atoms with E-state index in [1.165, 1.54) is 0 Å². The van der Waals surface area contributed by atoms with Gasteiger partial charge < -0.3 is 38.8 Å². The molecule has 0 rings (SSSR count). The quantitative estimate of drug-likeness (QED) is 0.327. The third-order valence-electron chi connectivity index (χ3n) is 0.210. The smallest absolute Gasteiger partial charge is 0.822 e. The van der Waals surface area contributed by atoms with Crippen LogP contribution in [0, 0.1) is 0 Å². The van der Waals surface area contributed by atoms with Gasteiger partial charge in [0.1, 0.15) is 0 Å². The first-order chi connectivity index (χ1) is 5.71. The van der Waals surface area contributed by atoms with E-state index in [1.807, 2.05) is 0 Å². The molecule has 0 aromatic heterocycles. The SMILES string of the molecule is O=P([O-])(O)OP(=O)(O)O.O=P([O-])([O-])[O-].[Ti+4]. The second kappa shape index (κ2) is 7.42. The monoisotopic (exact) mass is 320 g/mol. The van der Waals surface area contributed by atoms with E-state index in [0.717, 1.165) is 0 Å². The van der Waals surface area contributed by atoms with Crippen molar-refractivity contribution in [2.75, 3.05) is 0 Å². The van der Waals surface area contributed by atoms with Gasteiger partial charge in [-0.05, 0) is 0 Å². The average Bonchev–Trinajstić information content (AvgIpc) is 1.42. The molecule has 0 aromatic carbocycles. The molecule has 1 unspecified atom stereocenters. The normalized spacial score (nSPS) is 15.4. The van der Waals surface area contributed by atoms with E-state index in [2.05, 4.69) is 4.31 Å². The molecule has 0 spiro atoms. The summed E-state index contributed by atoms with van der Waals surface area (Å²) in [5, 5.41) is 0. The Kier molecular flexibility index (Phi) is 10.6. The van der Waals surface area contributed by atoms with E-state index < -0.39 is 23.5 Å². The van der Waals surface area contributed by atoms with Gasteiger partial charge in [0.2, 0.25) is 0 Å². The molecular formula is H3O11P3Ti. The maximum Gasteiger partial charge on any atom is 4.00 e. The fraction of sp³-hybridized carbons (Fsp3) is 0. The largest absolute Gasteiger partial charge is 4.00 e. The molecule has 0 fully saturated rings. The van der Waals surface area contributed by atoms with Crippen molar-refractivity contribution < 1.29 is 74.0 Å². The van der Waals surface area contributed by atoms with Gasteiger partial charge in [0.25, 0.3) is 7.82 Å². The summed E-state index contributed by atoms with van der Waals surface area (Å²) >= 11 is 0. The zero-order chi connectivity index (χ0) is 12.2. The number of phosphoric acid groups is 3. The summed E-state index contributed by atoms with van der Waals surface area (Å²) in [6, 6.07) is 0. The molecule has 15 heteroatoms. The van der Waals surface area contributed by atoms with Gasteiger partial charge in [0, 0.05) is 0 Å². The average molecular weight is 320 g/mol. The molecule has 15 heavy (non-hydrogen) atoms. The van der Waals surface area contributed by atoms with Gasteiger partial charge in [0.05, 0.1) is 0 Å². The maximum absolute atomic E-state index is 9.59. The van der Waals surface area contributed by atoms with Gasteiger partial charge in [0.15, 0.2) is 0 Å². The standard InChI is InChI=1S/H4O7P2.H3O4P.Ti/c1-8(2,3)7-9(4,5)6;1-5(2,3)4;/h(H2,1,2,3)(H2,4,5,6);(H3,1,2,3,4);/q;;+4/p-4. The summed E-state index contributed by atoms with van der Waals surface area (Å²) < 4.78 is 30.5. The van der Waals surface area contributed by atoms with Crippen LogP contribution in [0.15, 0.2) is 0 Å². The summed E-state index contributed by atoms with van der Waals surface area (Å²) in [5.41, 5.74) is 0. The maximum atomic E-state index is 9.59. The first-order valence-electron chi connectivity index (χ1n) is 2.24. The number of hydrogen-bond donors (Lipinski definition) is 3. The molecule has 11 nitrogen and oxygen atoms in total. The van der Waals surface area contributed by atoms with Crippen molar-refractivity contribution in [1.29, 1.82) is 0 Å². The molecule has 1 atom stereocenters. The van der Waals surface area contributed by atoms with Crippen LogP contribution in [-0.4, -0.2) is 14.7 Å². The Morgan fingerprint density at radius 1 is 0.867 bits per heavy atom. The van der Waals surface area contributed by atoms with Crippen molar-refractivity contribution in [3.63, 3.8) is 0 Å². The molecule has 0 aliphatic heterocycles. The van der Waals surface area contributed by atoms with Crippen LogP contribution < -0.4 is 19.6 Å². The van der Waals surface area contributed by atoms with Crippen molar-refractivity contribution in [2.45, 2.75) is 0 Å².